The molecule has 34 heavy (non-hydrogen) atoms. The minimum atomic E-state index is -4.93. The lowest BCUT2D eigenvalue weighted by Gasteiger charge is -2.19. The number of rotatable bonds is 6. The van der Waals surface area contributed by atoms with Crippen LogP contribution in [0.5, 0.6) is 0 Å². The molecular weight excluding hydrogens is 527 g/mol. The van der Waals surface area contributed by atoms with Crippen LogP contribution in [0, 0.1) is 16.7 Å². The summed E-state index contributed by atoms with van der Waals surface area (Å²) in [5.41, 5.74) is -3.41. The molecule has 180 valence electrons. The number of nitriles is 1. The Kier molecular flexibility index (Phi) is 7.33. The van der Waals surface area contributed by atoms with E-state index >= 15 is 0 Å². The number of hydrogen-bond donors (Lipinski definition) is 0. The highest BCUT2D eigenvalue weighted by Gasteiger charge is 2.46. The highest BCUT2D eigenvalue weighted by molar-refractivity contribution is 6.48. The number of hydrogen-bond acceptors (Lipinski definition) is 2. The van der Waals surface area contributed by atoms with Gasteiger partial charge < -0.3 is 0 Å². The molecule has 1 fully saturated rings. The van der Waals surface area contributed by atoms with E-state index in [9.17, 15) is 31.1 Å². The Balaban J connectivity index is 1.98. The lowest BCUT2D eigenvalue weighted by Crippen LogP contribution is -2.19. The summed E-state index contributed by atoms with van der Waals surface area (Å²) in [7, 11) is 0. The fourth-order valence-electron chi connectivity index (χ4n) is 3.40. The zero-order valence-corrected chi connectivity index (χ0v) is 19.3. The number of alkyl halides is 6. The summed E-state index contributed by atoms with van der Waals surface area (Å²) in [4.78, 5) is 12.5. The molecule has 0 aliphatic heterocycles. The van der Waals surface area contributed by atoms with Crippen molar-refractivity contribution in [2.24, 2.45) is 5.41 Å². The number of halogens is 9. The minimum absolute atomic E-state index is 0.128. The van der Waals surface area contributed by atoms with Gasteiger partial charge in [-0.2, -0.15) is 31.6 Å². The monoisotopic (exact) mass is 539 g/mol. The van der Waals surface area contributed by atoms with Crippen LogP contribution < -0.4 is 0 Å². The summed E-state index contributed by atoms with van der Waals surface area (Å²) < 4.78 is 82.0. The number of carbonyl (C=O) groups excluding carboxylic acids is 1. The Bertz CT molecular complexity index is 1170. The maximum absolute atomic E-state index is 13.7. The Hall–Kier alpha value is -2.21. The summed E-state index contributed by atoms with van der Waals surface area (Å²) in [6, 6.07) is 6.53. The van der Waals surface area contributed by atoms with Crippen LogP contribution in [-0.4, -0.2) is 12.0 Å². The van der Waals surface area contributed by atoms with Gasteiger partial charge in [-0.3, -0.25) is 4.79 Å². The lowest BCUT2D eigenvalue weighted by atomic mass is 9.92. The average molecular weight is 541 g/mol. The van der Waals surface area contributed by atoms with Crippen molar-refractivity contribution in [2.45, 2.75) is 37.5 Å². The summed E-state index contributed by atoms with van der Waals surface area (Å²) in [6.45, 7) is 0. The molecule has 1 saturated carbocycles. The maximum Gasteiger partial charge on any atom is 0.417 e. The predicted octanol–water partition coefficient (Wildman–Crippen LogP) is 8.90. The first-order valence-electron chi connectivity index (χ1n) is 9.72. The molecular formula is C23H14Cl3F6NO. The highest BCUT2D eigenvalue weighted by Crippen LogP contribution is 2.49. The van der Waals surface area contributed by atoms with Gasteiger partial charge in [-0.25, -0.2) is 0 Å². The zero-order valence-electron chi connectivity index (χ0n) is 17.0. The van der Waals surface area contributed by atoms with Crippen LogP contribution in [0.1, 0.15) is 52.2 Å². The van der Waals surface area contributed by atoms with Crippen LogP contribution in [0.4, 0.5) is 26.3 Å². The Morgan fingerprint density at radius 2 is 1.65 bits per heavy atom. The van der Waals surface area contributed by atoms with Gasteiger partial charge in [0.25, 0.3) is 0 Å². The van der Waals surface area contributed by atoms with E-state index in [4.69, 9.17) is 40.1 Å². The van der Waals surface area contributed by atoms with Crippen molar-refractivity contribution in [3.8, 4) is 6.07 Å². The molecule has 0 heterocycles. The first-order valence-corrected chi connectivity index (χ1v) is 10.9. The molecule has 3 rings (SSSR count). The molecule has 1 aliphatic carbocycles. The highest BCUT2D eigenvalue weighted by atomic mass is 35.5. The molecule has 0 bridgehead atoms. The third-order valence-electron chi connectivity index (χ3n) is 5.44. The molecule has 0 saturated heterocycles. The molecule has 0 aromatic heterocycles. The Morgan fingerprint density at radius 1 is 1.06 bits per heavy atom. The normalized spacial score (nSPS) is 16.4. The van der Waals surface area contributed by atoms with Crippen LogP contribution in [0.15, 0.2) is 36.4 Å². The van der Waals surface area contributed by atoms with Gasteiger partial charge in [0.05, 0.1) is 38.0 Å². The van der Waals surface area contributed by atoms with Crippen LogP contribution in [0.25, 0.3) is 6.08 Å². The predicted molar refractivity (Wildman–Crippen MR) is 117 cm³/mol. The number of Topliss-reactive ketones (excluding diaryl/α,β-unsaturated/α-hetero) is 1. The Labute approximate surface area is 205 Å². The van der Waals surface area contributed by atoms with Crippen molar-refractivity contribution in [3.05, 3.63) is 73.7 Å². The van der Waals surface area contributed by atoms with Gasteiger partial charge in [-0.05, 0) is 42.2 Å². The van der Waals surface area contributed by atoms with E-state index in [0.717, 1.165) is 30.3 Å². The van der Waals surface area contributed by atoms with Crippen LogP contribution in [-0.2, 0) is 6.18 Å². The molecule has 2 aromatic rings. The third-order valence-corrected chi connectivity index (χ3v) is 6.63. The van der Waals surface area contributed by atoms with Gasteiger partial charge in [0.15, 0.2) is 5.78 Å². The number of carbonyl (C=O) groups is 1. The topological polar surface area (TPSA) is 40.9 Å². The van der Waals surface area contributed by atoms with Gasteiger partial charge >= 0.3 is 12.4 Å². The van der Waals surface area contributed by atoms with Crippen LogP contribution >= 0.6 is 34.8 Å². The van der Waals surface area contributed by atoms with E-state index in [1.807, 2.05) is 6.07 Å². The second-order valence-corrected chi connectivity index (χ2v) is 9.16. The van der Waals surface area contributed by atoms with E-state index in [0.29, 0.717) is 25.0 Å². The molecule has 11 heteroatoms. The first kappa shape index (κ1) is 26.4. The Morgan fingerprint density at radius 3 is 2.12 bits per heavy atom. The minimum Gasteiger partial charge on any atom is -0.294 e. The van der Waals surface area contributed by atoms with Crippen molar-refractivity contribution < 1.29 is 31.1 Å². The second kappa shape index (κ2) is 9.44. The third kappa shape index (κ3) is 5.88. The smallest absolute Gasteiger partial charge is 0.294 e. The van der Waals surface area contributed by atoms with Crippen molar-refractivity contribution in [2.75, 3.05) is 0 Å². The average Bonchev–Trinajstić information content (AvgIpc) is 3.50. The van der Waals surface area contributed by atoms with Crippen molar-refractivity contribution in [3.63, 3.8) is 0 Å². The summed E-state index contributed by atoms with van der Waals surface area (Å²) >= 11 is 17.4. The molecule has 0 radical (unpaired) electrons. The number of ketones is 1. The first-order chi connectivity index (χ1) is 15.7. The van der Waals surface area contributed by atoms with Gasteiger partial charge in [0.2, 0.25) is 0 Å². The molecule has 1 atom stereocenters. The van der Waals surface area contributed by atoms with E-state index in [1.165, 1.54) is 0 Å². The van der Waals surface area contributed by atoms with Gasteiger partial charge in [0, 0.05) is 12.0 Å². The fourth-order valence-corrected chi connectivity index (χ4v) is 4.01. The largest absolute Gasteiger partial charge is 0.417 e. The van der Waals surface area contributed by atoms with Crippen molar-refractivity contribution >= 4 is 46.7 Å². The summed E-state index contributed by atoms with van der Waals surface area (Å²) in [5, 5.41) is 8.56. The molecule has 1 aliphatic rings. The van der Waals surface area contributed by atoms with E-state index in [2.05, 4.69) is 0 Å². The van der Waals surface area contributed by atoms with E-state index in [-0.39, 0.29) is 32.6 Å². The standard InChI is InChI=1S/C23H14Cl3F6NO/c24-17-8-13(9-18(25)20(17)26)15(22(27,28)29)4-2-12-1-3-14(16(7-12)23(30,31)32)19(34)10-21(11-33)5-6-21/h1-4,7-9,15H,5-6,10H2/b4-2+. The molecule has 2 nitrogen and oxygen atoms in total. The maximum atomic E-state index is 13.7. The lowest BCUT2D eigenvalue weighted by molar-refractivity contribution is -0.139. The fraction of sp³-hybridized carbons (Fsp3) is 0.304. The SMILES string of the molecule is N#CC1(CC(=O)c2ccc(/C=C/C(c3cc(Cl)c(Cl)c(Cl)c3)C(F)(F)F)cc2C(F)(F)F)CC1. The molecule has 2 aromatic carbocycles. The van der Waals surface area contributed by atoms with E-state index < -0.39 is 40.6 Å². The molecule has 0 N–H and O–H groups in total. The van der Waals surface area contributed by atoms with Crippen LogP contribution in [0.3, 0.4) is 0 Å². The van der Waals surface area contributed by atoms with Crippen LogP contribution in [0.2, 0.25) is 15.1 Å². The van der Waals surface area contributed by atoms with Gasteiger partial charge in [-0.15, -0.1) is 0 Å². The number of nitrogens with zero attached hydrogens (tertiary/aromatic N) is 1. The van der Waals surface area contributed by atoms with Crippen molar-refractivity contribution in [1.82, 2.24) is 0 Å². The quantitative estimate of drug-likeness (QED) is 0.209. The number of allylic oxidation sites excluding steroid dienone is 1. The second-order valence-electron chi connectivity index (χ2n) is 7.97. The summed E-state index contributed by atoms with van der Waals surface area (Å²) in [6.07, 6.45) is -7.70. The number of benzene rings is 2. The van der Waals surface area contributed by atoms with Gasteiger partial charge in [-0.1, -0.05) is 59.1 Å². The van der Waals surface area contributed by atoms with E-state index in [1.54, 1.807) is 0 Å². The summed E-state index contributed by atoms with van der Waals surface area (Å²) in [5.74, 6) is -3.08. The molecule has 0 amide bonds. The molecule has 1 unspecified atom stereocenters. The van der Waals surface area contributed by atoms with Gasteiger partial charge in [0.1, 0.15) is 0 Å². The molecule has 0 spiro atoms. The zero-order chi connectivity index (χ0) is 25.5. The van der Waals surface area contributed by atoms with Crippen molar-refractivity contribution in [1.29, 1.82) is 5.26 Å².